The van der Waals surface area contributed by atoms with Crippen molar-refractivity contribution in [2.45, 2.75) is 24.5 Å². The van der Waals surface area contributed by atoms with Gasteiger partial charge >= 0.3 is 12.1 Å². The summed E-state index contributed by atoms with van der Waals surface area (Å²) in [5.41, 5.74) is 0.690. The van der Waals surface area contributed by atoms with Gasteiger partial charge in [-0.05, 0) is 41.0 Å². The van der Waals surface area contributed by atoms with Gasteiger partial charge in [0, 0.05) is 19.1 Å². The largest absolute Gasteiger partial charge is 0.496 e. The molecule has 1 aliphatic rings. The first-order chi connectivity index (χ1) is 17.3. The van der Waals surface area contributed by atoms with E-state index in [1.54, 1.807) is 26.4 Å². The number of rotatable bonds is 10. The van der Waals surface area contributed by atoms with Gasteiger partial charge in [-0.3, -0.25) is 4.79 Å². The molecule has 0 radical (unpaired) electrons. The third-order valence-corrected chi connectivity index (χ3v) is 6.38. The number of fused-ring (bicyclic) bond motifs is 1. The summed E-state index contributed by atoms with van der Waals surface area (Å²) in [6, 6.07) is 8.85. The lowest BCUT2D eigenvalue weighted by Crippen LogP contribution is -2.46. The van der Waals surface area contributed by atoms with E-state index in [2.05, 4.69) is 18.5 Å². The average molecular weight is 497 g/mol. The zero-order valence-electron chi connectivity index (χ0n) is 20.9. The molecule has 192 valence electrons. The van der Waals surface area contributed by atoms with E-state index >= 15 is 0 Å². The van der Waals surface area contributed by atoms with Gasteiger partial charge in [0.1, 0.15) is 23.9 Å². The Morgan fingerprint density at radius 3 is 2.56 bits per heavy atom. The first-order valence-corrected chi connectivity index (χ1v) is 11.5. The minimum Gasteiger partial charge on any atom is -0.496 e. The Balaban J connectivity index is 1.88. The van der Waals surface area contributed by atoms with E-state index < -0.39 is 29.6 Å². The quantitative estimate of drug-likeness (QED) is 0.305. The molecular weight excluding hydrogens is 464 g/mol. The zero-order valence-corrected chi connectivity index (χ0v) is 20.9. The highest BCUT2D eigenvalue weighted by molar-refractivity contribution is 5.90. The molecule has 0 spiro atoms. The second kappa shape index (κ2) is 11.7. The topological polar surface area (TPSA) is 103 Å². The summed E-state index contributed by atoms with van der Waals surface area (Å²) in [7, 11) is 4.42. The van der Waals surface area contributed by atoms with E-state index in [4.69, 9.17) is 18.9 Å². The van der Waals surface area contributed by atoms with Gasteiger partial charge in [0.05, 0.1) is 27.4 Å². The molecule has 3 rings (SSSR count). The molecule has 2 atom stereocenters. The molecule has 1 heterocycles. The molecule has 0 saturated carbocycles. The number of esters is 1. The smallest absolute Gasteiger partial charge is 0.407 e. The predicted molar refractivity (Wildman–Crippen MR) is 136 cm³/mol. The molecule has 0 unspecified atom stereocenters. The lowest BCUT2D eigenvalue weighted by atomic mass is 9.89. The minimum absolute atomic E-state index is 0.102. The first-order valence-electron chi connectivity index (χ1n) is 11.5. The third kappa shape index (κ3) is 5.52. The van der Waals surface area contributed by atoms with Crippen LogP contribution in [0.5, 0.6) is 5.75 Å². The molecule has 2 amide bonds. The Hall–Kier alpha value is -3.85. The summed E-state index contributed by atoms with van der Waals surface area (Å²) >= 11 is 0. The Morgan fingerprint density at radius 2 is 1.92 bits per heavy atom. The summed E-state index contributed by atoms with van der Waals surface area (Å²) in [6.07, 6.45) is 3.31. The van der Waals surface area contributed by atoms with Crippen LogP contribution in [0.4, 0.5) is 4.79 Å². The van der Waals surface area contributed by atoms with Crippen molar-refractivity contribution in [3.8, 4) is 5.75 Å². The Morgan fingerprint density at radius 1 is 1.14 bits per heavy atom. The van der Waals surface area contributed by atoms with Gasteiger partial charge in [-0.15, -0.1) is 6.58 Å². The number of nitrogens with one attached hydrogen (secondary N) is 1. The van der Waals surface area contributed by atoms with Gasteiger partial charge < -0.3 is 29.2 Å². The molecule has 1 aliphatic heterocycles. The third-order valence-electron chi connectivity index (χ3n) is 6.38. The van der Waals surface area contributed by atoms with Crippen LogP contribution < -0.4 is 10.1 Å². The fraction of sp³-hybridized carbons (Fsp3) is 0.370. The standard InChI is InChI=1S/C27H32N2O7/c1-6-8-11-36-26(32)28-16-24(30)29-17-27(35-5,15-22(29)25(31)34-4)21-10-9-19-14-23(33-3)18(7-2)12-20(19)13-21/h6-7,9-10,12-14,22H,1-2,8,11,15-17H2,3-5H3,(H,28,32)/t22-,27-/m0/s1. The van der Waals surface area contributed by atoms with Crippen LogP contribution >= 0.6 is 0 Å². The van der Waals surface area contributed by atoms with Crippen molar-refractivity contribution in [2.75, 3.05) is 41.0 Å². The highest BCUT2D eigenvalue weighted by Gasteiger charge is 2.50. The van der Waals surface area contributed by atoms with Crippen molar-refractivity contribution in [2.24, 2.45) is 0 Å². The van der Waals surface area contributed by atoms with Gasteiger partial charge in [0.25, 0.3) is 0 Å². The lowest BCUT2D eigenvalue weighted by molar-refractivity contribution is -0.150. The van der Waals surface area contributed by atoms with Crippen LogP contribution in [0.25, 0.3) is 16.8 Å². The van der Waals surface area contributed by atoms with Crippen molar-refractivity contribution >= 4 is 34.8 Å². The molecule has 2 aromatic rings. The van der Waals surface area contributed by atoms with Crippen LogP contribution in [0.15, 0.2) is 49.6 Å². The highest BCUT2D eigenvalue weighted by atomic mass is 16.5. The van der Waals surface area contributed by atoms with Gasteiger partial charge in [0.15, 0.2) is 0 Å². The van der Waals surface area contributed by atoms with Crippen molar-refractivity contribution in [1.82, 2.24) is 10.2 Å². The number of hydrogen-bond acceptors (Lipinski definition) is 7. The van der Waals surface area contributed by atoms with Gasteiger partial charge in [-0.25, -0.2) is 9.59 Å². The number of alkyl carbamates (subject to hydrolysis) is 1. The highest BCUT2D eigenvalue weighted by Crippen LogP contribution is 2.41. The molecule has 2 aromatic carbocycles. The first kappa shape index (κ1) is 26.7. The summed E-state index contributed by atoms with van der Waals surface area (Å²) < 4.78 is 21.3. The number of nitrogens with zero attached hydrogens (tertiary/aromatic N) is 1. The maximum absolute atomic E-state index is 13.1. The van der Waals surface area contributed by atoms with Crippen molar-refractivity contribution in [3.63, 3.8) is 0 Å². The SMILES string of the molecule is C=CCCOC(=O)NCC(=O)N1C[C@](OC)(c2ccc3cc(OC)c(C=C)cc3c2)C[C@H]1C(=O)OC. The number of amides is 2. The van der Waals surface area contributed by atoms with E-state index in [0.29, 0.717) is 12.2 Å². The van der Waals surface area contributed by atoms with E-state index in [1.165, 1.54) is 12.0 Å². The molecule has 36 heavy (non-hydrogen) atoms. The van der Waals surface area contributed by atoms with Crippen LogP contribution in [0.3, 0.4) is 0 Å². The fourth-order valence-electron chi connectivity index (χ4n) is 4.41. The van der Waals surface area contributed by atoms with Crippen molar-refractivity contribution in [1.29, 1.82) is 0 Å². The predicted octanol–water partition coefficient (Wildman–Crippen LogP) is 3.41. The van der Waals surface area contributed by atoms with Crippen LogP contribution in [0.1, 0.15) is 24.0 Å². The normalized spacial score (nSPS) is 19.0. The molecular formula is C27H32N2O7. The van der Waals surface area contributed by atoms with Crippen molar-refractivity contribution < 1.29 is 33.3 Å². The monoisotopic (exact) mass is 496 g/mol. The van der Waals surface area contributed by atoms with Crippen molar-refractivity contribution in [3.05, 3.63) is 60.7 Å². The second-order valence-corrected chi connectivity index (χ2v) is 8.39. The summed E-state index contributed by atoms with van der Waals surface area (Å²) in [4.78, 5) is 38.9. The number of carbonyl (C=O) groups is 3. The molecule has 1 fully saturated rings. The summed E-state index contributed by atoms with van der Waals surface area (Å²) in [5.74, 6) is -0.301. The van der Waals surface area contributed by atoms with Crippen LogP contribution in [0.2, 0.25) is 0 Å². The summed E-state index contributed by atoms with van der Waals surface area (Å²) in [6.45, 7) is 7.34. The number of hydrogen-bond donors (Lipinski definition) is 1. The minimum atomic E-state index is -0.957. The number of benzene rings is 2. The Bertz CT molecular complexity index is 1160. The van der Waals surface area contributed by atoms with Crippen LogP contribution in [-0.2, 0) is 29.4 Å². The van der Waals surface area contributed by atoms with E-state index in [9.17, 15) is 14.4 Å². The molecule has 9 heteroatoms. The number of ether oxygens (including phenoxy) is 4. The average Bonchev–Trinajstić information content (AvgIpc) is 3.31. The molecule has 0 aromatic heterocycles. The maximum Gasteiger partial charge on any atom is 0.407 e. The van der Waals surface area contributed by atoms with Crippen LogP contribution in [-0.4, -0.2) is 69.9 Å². The van der Waals surface area contributed by atoms with E-state index in [1.807, 2.05) is 30.3 Å². The number of likely N-dealkylation sites (tertiary alicyclic amines) is 1. The van der Waals surface area contributed by atoms with Crippen LogP contribution in [0, 0.1) is 0 Å². The maximum atomic E-state index is 13.1. The zero-order chi connectivity index (χ0) is 26.3. The molecule has 9 nitrogen and oxygen atoms in total. The van der Waals surface area contributed by atoms with E-state index in [0.717, 1.165) is 21.9 Å². The van der Waals surface area contributed by atoms with E-state index in [-0.39, 0.29) is 26.1 Å². The summed E-state index contributed by atoms with van der Waals surface area (Å²) in [5, 5.41) is 4.32. The number of methoxy groups -OCH3 is 3. The van der Waals surface area contributed by atoms with Gasteiger partial charge in [0.2, 0.25) is 5.91 Å². The van der Waals surface area contributed by atoms with Gasteiger partial charge in [-0.2, -0.15) is 0 Å². The molecule has 1 saturated heterocycles. The molecule has 0 aliphatic carbocycles. The Labute approximate surface area is 210 Å². The second-order valence-electron chi connectivity index (χ2n) is 8.39. The lowest BCUT2D eigenvalue weighted by Gasteiger charge is -2.29. The van der Waals surface area contributed by atoms with Gasteiger partial charge in [-0.1, -0.05) is 30.9 Å². The fourth-order valence-corrected chi connectivity index (χ4v) is 4.41. The Kier molecular flexibility index (Phi) is 8.71. The molecule has 0 bridgehead atoms. The number of carbonyl (C=O) groups excluding carboxylic acids is 3. The molecule has 1 N–H and O–H groups in total.